The van der Waals surface area contributed by atoms with Crippen molar-refractivity contribution in [2.75, 3.05) is 12.4 Å². The molecule has 0 unspecified atom stereocenters. The zero-order chi connectivity index (χ0) is 15.3. The van der Waals surface area contributed by atoms with E-state index in [1.165, 1.54) is 0 Å². The van der Waals surface area contributed by atoms with Gasteiger partial charge in [-0.3, -0.25) is 4.79 Å². The molecule has 1 amide bonds. The first-order chi connectivity index (χ1) is 10.0. The fourth-order valence-corrected chi connectivity index (χ4v) is 2.44. The normalized spacial score (nSPS) is 11.4. The van der Waals surface area contributed by atoms with E-state index in [2.05, 4.69) is 24.3 Å². The van der Waals surface area contributed by atoms with Gasteiger partial charge in [0.05, 0.1) is 17.4 Å². The Hall–Kier alpha value is -1.81. The summed E-state index contributed by atoms with van der Waals surface area (Å²) in [5.41, 5.74) is 1.48. The Balaban J connectivity index is 2.00. The van der Waals surface area contributed by atoms with Gasteiger partial charge >= 0.3 is 0 Å². The molecule has 0 atom stereocenters. The van der Waals surface area contributed by atoms with E-state index >= 15 is 0 Å². The van der Waals surface area contributed by atoms with Gasteiger partial charge in [-0.25, -0.2) is 4.68 Å². The standard InChI is InChI=1S/C16H20ClN3O/c1-16(2,8-9-17)12-18-15(21)13-10-19-20(11-13)14-6-4-3-5-7-14/h3-7,10-11H,8-9,12H2,1-2H3,(H,18,21). The molecule has 1 heterocycles. The van der Waals surface area contributed by atoms with Gasteiger partial charge in [0, 0.05) is 18.6 Å². The molecule has 0 radical (unpaired) electrons. The number of hydrogen-bond donors (Lipinski definition) is 1. The summed E-state index contributed by atoms with van der Waals surface area (Å²) in [7, 11) is 0. The minimum absolute atomic E-state index is 0.00711. The lowest BCUT2D eigenvalue weighted by atomic mass is 9.90. The molecule has 2 aromatic rings. The lowest BCUT2D eigenvalue weighted by Crippen LogP contribution is -2.34. The molecule has 4 nitrogen and oxygen atoms in total. The number of carbonyl (C=O) groups is 1. The maximum Gasteiger partial charge on any atom is 0.254 e. The number of carbonyl (C=O) groups excluding carboxylic acids is 1. The van der Waals surface area contributed by atoms with E-state index in [-0.39, 0.29) is 11.3 Å². The number of benzene rings is 1. The molecule has 0 bridgehead atoms. The SMILES string of the molecule is CC(C)(CCCl)CNC(=O)c1cnn(-c2ccccc2)c1. The van der Waals surface area contributed by atoms with Crippen molar-refractivity contribution in [1.82, 2.24) is 15.1 Å². The maximum absolute atomic E-state index is 12.1. The number of aromatic nitrogens is 2. The largest absolute Gasteiger partial charge is 0.351 e. The molecule has 0 spiro atoms. The molecule has 112 valence electrons. The second-order valence-corrected chi connectivity index (χ2v) is 6.17. The summed E-state index contributed by atoms with van der Waals surface area (Å²) in [6.45, 7) is 4.77. The van der Waals surface area contributed by atoms with E-state index in [1.807, 2.05) is 30.3 Å². The van der Waals surface area contributed by atoms with Gasteiger partial charge in [-0.05, 0) is 24.0 Å². The summed E-state index contributed by atoms with van der Waals surface area (Å²) in [6, 6.07) is 9.70. The number of para-hydroxylation sites is 1. The zero-order valence-electron chi connectivity index (χ0n) is 12.3. The third kappa shape index (κ3) is 4.33. The predicted octanol–water partition coefficient (Wildman–Crippen LogP) is 3.26. The number of nitrogens with zero attached hydrogens (tertiary/aromatic N) is 2. The predicted molar refractivity (Wildman–Crippen MR) is 85.0 cm³/mol. The minimum Gasteiger partial charge on any atom is -0.351 e. The summed E-state index contributed by atoms with van der Waals surface area (Å²) in [4.78, 5) is 12.1. The van der Waals surface area contributed by atoms with Crippen molar-refractivity contribution in [3.05, 3.63) is 48.3 Å². The number of alkyl halides is 1. The van der Waals surface area contributed by atoms with Gasteiger partial charge in [-0.2, -0.15) is 5.10 Å². The van der Waals surface area contributed by atoms with Crippen LogP contribution in [0.3, 0.4) is 0 Å². The van der Waals surface area contributed by atoms with Crippen LogP contribution >= 0.6 is 11.6 Å². The van der Waals surface area contributed by atoms with Gasteiger partial charge in [-0.15, -0.1) is 11.6 Å². The van der Waals surface area contributed by atoms with Crippen LogP contribution in [0.1, 0.15) is 30.6 Å². The smallest absolute Gasteiger partial charge is 0.254 e. The molecule has 0 aliphatic rings. The first-order valence-corrected chi connectivity index (χ1v) is 7.49. The van der Waals surface area contributed by atoms with E-state index in [0.717, 1.165) is 12.1 Å². The average molecular weight is 306 g/mol. The summed E-state index contributed by atoms with van der Waals surface area (Å²) in [5.74, 6) is 0.481. The number of rotatable bonds is 6. The molecule has 5 heteroatoms. The van der Waals surface area contributed by atoms with Crippen molar-refractivity contribution in [2.24, 2.45) is 5.41 Å². The van der Waals surface area contributed by atoms with Gasteiger partial charge in [0.2, 0.25) is 0 Å². The van der Waals surface area contributed by atoms with Crippen molar-refractivity contribution in [3.8, 4) is 5.69 Å². The highest BCUT2D eigenvalue weighted by Gasteiger charge is 2.19. The van der Waals surface area contributed by atoms with Crippen LogP contribution in [0.4, 0.5) is 0 Å². The van der Waals surface area contributed by atoms with E-state index in [0.29, 0.717) is 18.0 Å². The van der Waals surface area contributed by atoms with Crippen LogP contribution in [0, 0.1) is 5.41 Å². The molecule has 0 fully saturated rings. The van der Waals surface area contributed by atoms with Crippen LogP contribution in [0.25, 0.3) is 5.69 Å². The van der Waals surface area contributed by atoms with Crippen LogP contribution in [0.2, 0.25) is 0 Å². The van der Waals surface area contributed by atoms with Crippen LogP contribution in [-0.4, -0.2) is 28.1 Å². The van der Waals surface area contributed by atoms with Gasteiger partial charge in [0.25, 0.3) is 5.91 Å². The lowest BCUT2D eigenvalue weighted by molar-refractivity contribution is 0.0936. The van der Waals surface area contributed by atoms with Crippen molar-refractivity contribution in [2.45, 2.75) is 20.3 Å². The van der Waals surface area contributed by atoms with Crippen LogP contribution in [0.15, 0.2) is 42.7 Å². The van der Waals surface area contributed by atoms with Gasteiger partial charge in [0.1, 0.15) is 0 Å². The fourth-order valence-electron chi connectivity index (χ4n) is 1.93. The topological polar surface area (TPSA) is 46.9 Å². The van der Waals surface area contributed by atoms with Crippen LogP contribution in [0.5, 0.6) is 0 Å². The summed E-state index contributed by atoms with van der Waals surface area (Å²) >= 11 is 5.76. The highest BCUT2D eigenvalue weighted by molar-refractivity contribution is 6.17. The van der Waals surface area contributed by atoms with Crippen LogP contribution < -0.4 is 5.32 Å². The Morgan fingerprint density at radius 1 is 1.33 bits per heavy atom. The Labute approximate surface area is 130 Å². The molecule has 0 saturated heterocycles. The fraction of sp³-hybridized carbons (Fsp3) is 0.375. The molecule has 0 aliphatic heterocycles. The molecule has 0 aliphatic carbocycles. The monoisotopic (exact) mass is 305 g/mol. The Morgan fingerprint density at radius 2 is 2.05 bits per heavy atom. The Morgan fingerprint density at radius 3 is 2.71 bits per heavy atom. The Kier molecular flexibility index (Phi) is 5.02. The lowest BCUT2D eigenvalue weighted by Gasteiger charge is -2.23. The minimum atomic E-state index is -0.111. The van der Waals surface area contributed by atoms with Crippen molar-refractivity contribution < 1.29 is 4.79 Å². The first kappa shape index (κ1) is 15.6. The second kappa shape index (κ2) is 6.76. The average Bonchev–Trinajstić information content (AvgIpc) is 2.96. The van der Waals surface area contributed by atoms with Crippen molar-refractivity contribution in [3.63, 3.8) is 0 Å². The van der Waals surface area contributed by atoms with Crippen molar-refractivity contribution in [1.29, 1.82) is 0 Å². The van der Waals surface area contributed by atoms with Crippen molar-refractivity contribution >= 4 is 17.5 Å². The molecule has 21 heavy (non-hydrogen) atoms. The number of hydrogen-bond acceptors (Lipinski definition) is 2. The number of halogens is 1. The quantitative estimate of drug-likeness (QED) is 0.833. The summed E-state index contributed by atoms with van der Waals surface area (Å²) in [5, 5.41) is 7.16. The summed E-state index contributed by atoms with van der Waals surface area (Å²) < 4.78 is 1.69. The first-order valence-electron chi connectivity index (χ1n) is 6.96. The molecule has 1 aromatic heterocycles. The van der Waals surface area contributed by atoms with Gasteiger partial charge in [-0.1, -0.05) is 32.0 Å². The third-order valence-corrected chi connectivity index (χ3v) is 3.55. The van der Waals surface area contributed by atoms with E-state index in [1.54, 1.807) is 17.1 Å². The Bertz CT molecular complexity index is 593. The highest BCUT2D eigenvalue weighted by Crippen LogP contribution is 2.19. The molecular formula is C16H20ClN3O. The van der Waals surface area contributed by atoms with Gasteiger partial charge in [0.15, 0.2) is 0 Å². The second-order valence-electron chi connectivity index (χ2n) is 5.80. The van der Waals surface area contributed by atoms with E-state index < -0.39 is 0 Å². The summed E-state index contributed by atoms with van der Waals surface area (Å²) in [6.07, 6.45) is 4.17. The zero-order valence-corrected chi connectivity index (χ0v) is 13.1. The van der Waals surface area contributed by atoms with E-state index in [4.69, 9.17) is 11.6 Å². The number of amides is 1. The van der Waals surface area contributed by atoms with Crippen LogP contribution in [-0.2, 0) is 0 Å². The number of nitrogens with one attached hydrogen (secondary N) is 1. The molecule has 1 aromatic carbocycles. The molecule has 2 rings (SSSR count). The molecular weight excluding hydrogens is 286 g/mol. The third-order valence-electron chi connectivity index (χ3n) is 3.36. The molecule has 1 N–H and O–H groups in total. The maximum atomic E-state index is 12.1. The molecule has 0 saturated carbocycles. The van der Waals surface area contributed by atoms with Gasteiger partial charge < -0.3 is 5.32 Å². The highest BCUT2D eigenvalue weighted by atomic mass is 35.5. The van der Waals surface area contributed by atoms with E-state index in [9.17, 15) is 4.79 Å².